The summed E-state index contributed by atoms with van der Waals surface area (Å²) in [5, 5.41) is 9.50. The third-order valence-electron chi connectivity index (χ3n) is 4.90. The Morgan fingerprint density at radius 1 is 1.09 bits per heavy atom. The van der Waals surface area contributed by atoms with E-state index in [-0.39, 0.29) is 29.9 Å². The number of anilines is 1. The Balaban J connectivity index is 1.50. The molecule has 0 radical (unpaired) electrons. The highest BCUT2D eigenvalue weighted by atomic mass is 16.2. The van der Waals surface area contributed by atoms with Crippen LogP contribution in [0.15, 0.2) is 18.2 Å². The van der Waals surface area contributed by atoms with Gasteiger partial charge in [-0.2, -0.15) is 0 Å². The second-order valence-corrected chi connectivity index (χ2v) is 6.77. The highest BCUT2D eigenvalue weighted by Crippen LogP contribution is 2.29. The SMILES string of the molecule is CC(=O)NC1CCC(NC(=O)C2Cc3cccc(C)c3N2)CC1. The van der Waals surface area contributed by atoms with Gasteiger partial charge in [0, 0.05) is 31.1 Å². The first-order valence-electron chi connectivity index (χ1n) is 8.45. The molecule has 1 fully saturated rings. The van der Waals surface area contributed by atoms with Crippen molar-refractivity contribution in [2.45, 2.75) is 64.1 Å². The van der Waals surface area contributed by atoms with Gasteiger partial charge in [0.15, 0.2) is 0 Å². The van der Waals surface area contributed by atoms with E-state index >= 15 is 0 Å². The molecule has 1 unspecified atom stereocenters. The normalized spacial score (nSPS) is 26.1. The summed E-state index contributed by atoms with van der Waals surface area (Å²) in [6.07, 6.45) is 4.47. The largest absolute Gasteiger partial charge is 0.373 e. The molecule has 1 aliphatic carbocycles. The first kappa shape index (κ1) is 15.8. The molecule has 2 amide bonds. The van der Waals surface area contributed by atoms with Crippen LogP contribution < -0.4 is 16.0 Å². The summed E-state index contributed by atoms with van der Waals surface area (Å²) < 4.78 is 0. The Morgan fingerprint density at radius 2 is 1.74 bits per heavy atom. The lowest BCUT2D eigenvalue weighted by Gasteiger charge is -2.30. The highest BCUT2D eigenvalue weighted by molar-refractivity contribution is 5.88. The Bertz CT molecular complexity index is 606. The summed E-state index contributed by atoms with van der Waals surface area (Å²) in [5.41, 5.74) is 3.52. The second-order valence-electron chi connectivity index (χ2n) is 6.77. The lowest BCUT2D eigenvalue weighted by molar-refractivity contribution is -0.123. The number of fused-ring (bicyclic) bond motifs is 1. The molecule has 1 atom stereocenters. The summed E-state index contributed by atoms with van der Waals surface area (Å²) in [6, 6.07) is 6.51. The lowest BCUT2D eigenvalue weighted by Crippen LogP contribution is -2.47. The maximum absolute atomic E-state index is 12.5. The molecule has 3 N–H and O–H groups in total. The Morgan fingerprint density at radius 3 is 2.35 bits per heavy atom. The lowest BCUT2D eigenvalue weighted by atomic mass is 9.91. The van der Waals surface area contributed by atoms with Crippen molar-refractivity contribution < 1.29 is 9.59 Å². The molecule has 124 valence electrons. The number of para-hydroxylation sites is 1. The predicted octanol–water partition coefficient (Wildman–Crippen LogP) is 1.90. The standard InChI is InChI=1S/C18H25N3O2/c1-11-4-3-5-13-10-16(21-17(11)13)18(23)20-15-8-6-14(7-9-15)19-12(2)22/h3-5,14-16,21H,6-10H2,1-2H3,(H,19,22)(H,20,23). The number of nitrogens with one attached hydrogen (secondary N) is 3. The van der Waals surface area contributed by atoms with Gasteiger partial charge in [-0.3, -0.25) is 9.59 Å². The summed E-state index contributed by atoms with van der Waals surface area (Å²) in [5.74, 6) is 0.115. The number of rotatable bonds is 3. The number of aryl methyl sites for hydroxylation is 1. The Kier molecular flexibility index (Phi) is 4.55. The van der Waals surface area contributed by atoms with E-state index in [2.05, 4.69) is 35.0 Å². The topological polar surface area (TPSA) is 70.2 Å². The molecule has 23 heavy (non-hydrogen) atoms. The van der Waals surface area contributed by atoms with Crippen LogP contribution in [0.3, 0.4) is 0 Å². The summed E-state index contributed by atoms with van der Waals surface area (Å²) in [4.78, 5) is 23.6. The van der Waals surface area contributed by atoms with Crippen LogP contribution >= 0.6 is 0 Å². The predicted molar refractivity (Wildman–Crippen MR) is 90.3 cm³/mol. The van der Waals surface area contributed by atoms with Gasteiger partial charge in [0.1, 0.15) is 6.04 Å². The molecule has 0 spiro atoms. The van der Waals surface area contributed by atoms with Gasteiger partial charge in [0.2, 0.25) is 11.8 Å². The van der Waals surface area contributed by atoms with E-state index in [9.17, 15) is 9.59 Å². The van der Waals surface area contributed by atoms with E-state index in [1.165, 1.54) is 11.1 Å². The maximum atomic E-state index is 12.5. The zero-order valence-corrected chi connectivity index (χ0v) is 13.8. The first-order chi connectivity index (χ1) is 11.0. The minimum atomic E-state index is -0.167. The zero-order valence-electron chi connectivity index (χ0n) is 13.8. The third-order valence-corrected chi connectivity index (χ3v) is 4.90. The van der Waals surface area contributed by atoms with E-state index in [0.29, 0.717) is 0 Å². The van der Waals surface area contributed by atoms with Crippen LogP contribution in [-0.4, -0.2) is 29.9 Å². The van der Waals surface area contributed by atoms with Crippen LogP contribution in [0.4, 0.5) is 5.69 Å². The molecule has 5 nitrogen and oxygen atoms in total. The van der Waals surface area contributed by atoms with Crippen LogP contribution in [0.2, 0.25) is 0 Å². The molecular weight excluding hydrogens is 290 g/mol. The van der Waals surface area contributed by atoms with Gasteiger partial charge >= 0.3 is 0 Å². The average molecular weight is 315 g/mol. The number of hydrogen-bond acceptors (Lipinski definition) is 3. The molecule has 0 aromatic heterocycles. The van der Waals surface area contributed by atoms with Gasteiger partial charge in [0.25, 0.3) is 0 Å². The molecule has 1 saturated carbocycles. The summed E-state index contributed by atoms with van der Waals surface area (Å²) >= 11 is 0. The molecule has 1 aromatic carbocycles. The molecule has 2 aliphatic rings. The Hall–Kier alpha value is -2.04. The van der Waals surface area contributed by atoms with E-state index in [1.54, 1.807) is 6.92 Å². The second kappa shape index (κ2) is 6.60. The molecule has 0 bridgehead atoms. The van der Waals surface area contributed by atoms with E-state index < -0.39 is 0 Å². The van der Waals surface area contributed by atoms with E-state index in [1.807, 2.05) is 6.07 Å². The minimum Gasteiger partial charge on any atom is -0.373 e. The monoisotopic (exact) mass is 315 g/mol. The molecule has 3 rings (SSSR count). The number of benzene rings is 1. The first-order valence-corrected chi connectivity index (χ1v) is 8.45. The van der Waals surface area contributed by atoms with Gasteiger partial charge in [0.05, 0.1) is 0 Å². The quantitative estimate of drug-likeness (QED) is 0.798. The molecule has 1 aliphatic heterocycles. The molecule has 1 aromatic rings. The number of hydrogen-bond donors (Lipinski definition) is 3. The van der Waals surface area contributed by atoms with Crippen molar-refractivity contribution in [1.29, 1.82) is 0 Å². The zero-order chi connectivity index (χ0) is 16.4. The van der Waals surface area contributed by atoms with Gasteiger partial charge in [-0.05, 0) is 43.7 Å². The van der Waals surface area contributed by atoms with Crippen molar-refractivity contribution >= 4 is 17.5 Å². The summed E-state index contributed by atoms with van der Waals surface area (Å²) in [6.45, 7) is 3.62. The molecule has 0 saturated heterocycles. The van der Waals surface area contributed by atoms with Crippen molar-refractivity contribution in [3.8, 4) is 0 Å². The maximum Gasteiger partial charge on any atom is 0.243 e. The van der Waals surface area contributed by atoms with E-state index in [0.717, 1.165) is 37.8 Å². The van der Waals surface area contributed by atoms with Crippen molar-refractivity contribution in [2.24, 2.45) is 0 Å². The fraction of sp³-hybridized carbons (Fsp3) is 0.556. The van der Waals surface area contributed by atoms with Gasteiger partial charge in [-0.1, -0.05) is 18.2 Å². The smallest absolute Gasteiger partial charge is 0.243 e. The van der Waals surface area contributed by atoms with Crippen LogP contribution in [0.1, 0.15) is 43.7 Å². The van der Waals surface area contributed by atoms with Crippen LogP contribution in [0.5, 0.6) is 0 Å². The fourth-order valence-electron chi connectivity index (χ4n) is 3.68. The van der Waals surface area contributed by atoms with Crippen LogP contribution in [0.25, 0.3) is 0 Å². The van der Waals surface area contributed by atoms with Crippen LogP contribution in [-0.2, 0) is 16.0 Å². The van der Waals surface area contributed by atoms with Gasteiger partial charge in [-0.25, -0.2) is 0 Å². The third kappa shape index (κ3) is 3.66. The average Bonchev–Trinajstić information content (AvgIpc) is 2.94. The minimum absolute atomic E-state index is 0.0285. The molecular formula is C18H25N3O2. The highest BCUT2D eigenvalue weighted by Gasteiger charge is 2.30. The number of carbonyl (C=O) groups is 2. The Labute approximate surface area is 137 Å². The molecule has 5 heteroatoms. The molecule has 1 heterocycles. The van der Waals surface area contributed by atoms with E-state index in [4.69, 9.17) is 0 Å². The van der Waals surface area contributed by atoms with Crippen molar-refractivity contribution in [3.05, 3.63) is 29.3 Å². The number of carbonyl (C=O) groups excluding carboxylic acids is 2. The van der Waals surface area contributed by atoms with Crippen molar-refractivity contribution in [3.63, 3.8) is 0 Å². The number of amides is 2. The van der Waals surface area contributed by atoms with Crippen molar-refractivity contribution in [1.82, 2.24) is 10.6 Å². The van der Waals surface area contributed by atoms with Gasteiger partial charge in [-0.15, -0.1) is 0 Å². The fourth-order valence-corrected chi connectivity index (χ4v) is 3.68. The summed E-state index contributed by atoms with van der Waals surface area (Å²) in [7, 11) is 0. The van der Waals surface area contributed by atoms with Gasteiger partial charge < -0.3 is 16.0 Å². The van der Waals surface area contributed by atoms with Crippen LogP contribution in [0, 0.1) is 6.92 Å². The van der Waals surface area contributed by atoms with Crippen molar-refractivity contribution in [2.75, 3.05) is 5.32 Å².